The van der Waals surface area contributed by atoms with Crippen LogP contribution in [0.25, 0.3) is 6.08 Å². The fourth-order valence-corrected chi connectivity index (χ4v) is 2.16. The zero-order valence-electron chi connectivity index (χ0n) is 13.8. The number of hydrogen-bond donors (Lipinski definition) is 1. The van der Waals surface area contributed by atoms with Crippen molar-refractivity contribution in [2.75, 3.05) is 19.5 Å². The zero-order valence-corrected chi connectivity index (χ0v) is 13.8. The number of esters is 1. The van der Waals surface area contributed by atoms with Gasteiger partial charge in [-0.05, 0) is 36.8 Å². The molecule has 24 heavy (non-hydrogen) atoms. The lowest BCUT2D eigenvalue weighted by Gasteiger charge is -2.10. The third-order valence-electron chi connectivity index (χ3n) is 3.36. The van der Waals surface area contributed by atoms with E-state index in [1.54, 1.807) is 18.2 Å². The van der Waals surface area contributed by atoms with E-state index in [9.17, 15) is 9.59 Å². The lowest BCUT2D eigenvalue weighted by atomic mass is 10.1. The Hall–Kier alpha value is -3.08. The molecule has 124 valence electrons. The number of nitrogens with one attached hydrogen (secondary N) is 1. The molecule has 0 aliphatic rings. The van der Waals surface area contributed by atoms with Gasteiger partial charge >= 0.3 is 5.97 Å². The minimum atomic E-state index is -0.549. The number of amides is 1. The predicted octanol–water partition coefficient (Wildman–Crippen LogP) is 3.44. The van der Waals surface area contributed by atoms with Crippen molar-refractivity contribution in [3.8, 4) is 5.75 Å². The molecule has 0 bridgehead atoms. The van der Waals surface area contributed by atoms with Crippen molar-refractivity contribution in [2.24, 2.45) is 0 Å². The molecule has 5 nitrogen and oxygen atoms in total. The predicted molar refractivity (Wildman–Crippen MR) is 93.2 cm³/mol. The Morgan fingerprint density at radius 3 is 2.54 bits per heavy atom. The summed E-state index contributed by atoms with van der Waals surface area (Å²) in [6.07, 6.45) is 3.13. The second kappa shape index (κ2) is 7.97. The van der Waals surface area contributed by atoms with E-state index < -0.39 is 5.97 Å². The second-order valence-electron chi connectivity index (χ2n) is 5.14. The molecule has 0 aromatic heterocycles. The lowest BCUT2D eigenvalue weighted by molar-refractivity contribution is -0.111. The largest absolute Gasteiger partial charge is 0.497 e. The van der Waals surface area contributed by atoms with Crippen molar-refractivity contribution in [3.63, 3.8) is 0 Å². The third kappa shape index (κ3) is 4.46. The first-order valence-electron chi connectivity index (χ1n) is 7.35. The number of anilines is 1. The van der Waals surface area contributed by atoms with Crippen LogP contribution in [-0.4, -0.2) is 26.1 Å². The normalized spacial score (nSPS) is 10.5. The zero-order chi connectivity index (χ0) is 17.5. The van der Waals surface area contributed by atoms with Gasteiger partial charge in [0.05, 0.1) is 25.5 Å². The summed E-state index contributed by atoms with van der Waals surface area (Å²) in [5.74, 6) is -0.387. The van der Waals surface area contributed by atoms with E-state index in [1.165, 1.54) is 26.4 Å². The standard InChI is InChI=1S/C19H19NO4/c1-13-5-4-6-14(11-13)7-10-18(21)20-17-9-8-15(23-2)12-16(17)19(22)24-3/h4-12H,1-3H3,(H,20,21). The minimum absolute atomic E-state index is 0.231. The van der Waals surface area contributed by atoms with Crippen molar-refractivity contribution < 1.29 is 19.1 Å². The molecule has 0 saturated carbocycles. The molecule has 5 heteroatoms. The SMILES string of the molecule is COC(=O)c1cc(OC)ccc1NC(=O)C=Cc1cccc(C)c1. The van der Waals surface area contributed by atoms with Gasteiger partial charge in [-0.2, -0.15) is 0 Å². The van der Waals surface area contributed by atoms with Crippen LogP contribution in [0.3, 0.4) is 0 Å². The lowest BCUT2D eigenvalue weighted by Crippen LogP contribution is -2.13. The van der Waals surface area contributed by atoms with Crippen molar-refractivity contribution in [2.45, 2.75) is 6.92 Å². The van der Waals surface area contributed by atoms with E-state index in [1.807, 2.05) is 31.2 Å². The van der Waals surface area contributed by atoms with Gasteiger partial charge in [0.15, 0.2) is 0 Å². The van der Waals surface area contributed by atoms with E-state index in [-0.39, 0.29) is 11.5 Å². The summed E-state index contributed by atoms with van der Waals surface area (Å²) in [6.45, 7) is 1.98. The summed E-state index contributed by atoms with van der Waals surface area (Å²) in [4.78, 5) is 24.0. The fraction of sp³-hybridized carbons (Fsp3) is 0.158. The van der Waals surface area contributed by atoms with Crippen molar-refractivity contribution in [3.05, 3.63) is 65.2 Å². The maximum absolute atomic E-state index is 12.1. The van der Waals surface area contributed by atoms with Gasteiger partial charge in [0.1, 0.15) is 5.75 Å². The molecule has 0 atom stereocenters. The highest BCUT2D eigenvalue weighted by molar-refractivity contribution is 6.06. The summed E-state index contributed by atoms with van der Waals surface area (Å²) in [7, 11) is 2.78. The van der Waals surface area contributed by atoms with E-state index in [0.717, 1.165) is 11.1 Å². The first kappa shape index (κ1) is 17.3. The maximum Gasteiger partial charge on any atom is 0.340 e. The van der Waals surface area contributed by atoms with Gasteiger partial charge in [-0.15, -0.1) is 0 Å². The summed E-state index contributed by atoms with van der Waals surface area (Å²) in [5, 5.41) is 2.68. The molecule has 0 aliphatic carbocycles. The first-order valence-corrected chi connectivity index (χ1v) is 7.35. The Balaban J connectivity index is 2.17. The number of ether oxygens (including phenoxy) is 2. The van der Waals surface area contributed by atoms with Crippen molar-refractivity contribution in [1.29, 1.82) is 0 Å². The van der Waals surface area contributed by atoms with Gasteiger partial charge in [0.2, 0.25) is 5.91 Å². The molecule has 0 saturated heterocycles. The van der Waals surface area contributed by atoms with Crippen LogP contribution in [0.2, 0.25) is 0 Å². The molecule has 0 aliphatic heterocycles. The molecule has 1 amide bonds. The maximum atomic E-state index is 12.1. The number of rotatable bonds is 5. The Kier molecular flexibility index (Phi) is 5.73. The average Bonchev–Trinajstić information content (AvgIpc) is 2.59. The Bertz CT molecular complexity index is 781. The molecule has 0 radical (unpaired) electrons. The summed E-state index contributed by atoms with van der Waals surface area (Å²) in [5.41, 5.74) is 2.63. The number of carbonyl (C=O) groups is 2. The van der Waals surface area contributed by atoms with Crippen LogP contribution in [0.1, 0.15) is 21.5 Å². The van der Waals surface area contributed by atoms with E-state index in [0.29, 0.717) is 11.4 Å². The van der Waals surface area contributed by atoms with Crippen LogP contribution < -0.4 is 10.1 Å². The van der Waals surface area contributed by atoms with Crippen molar-refractivity contribution >= 4 is 23.6 Å². The van der Waals surface area contributed by atoms with E-state index >= 15 is 0 Å². The molecule has 0 spiro atoms. The monoisotopic (exact) mass is 325 g/mol. The number of methoxy groups -OCH3 is 2. The van der Waals surface area contributed by atoms with Crippen LogP contribution in [-0.2, 0) is 9.53 Å². The summed E-state index contributed by atoms with van der Waals surface area (Å²) in [6, 6.07) is 12.6. The summed E-state index contributed by atoms with van der Waals surface area (Å²) < 4.78 is 9.83. The molecular formula is C19H19NO4. The molecule has 1 N–H and O–H groups in total. The fourth-order valence-electron chi connectivity index (χ4n) is 2.16. The molecule has 0 unspecified atom stereocenters. The molecule has 0 heterocycles. The van der Waals surface area contributed by atoms with Crippen LogP contribution in [0, 0.1) is 6.92 Å². The highest BCUT2D eigenvalue weighted by Crippen LogP contribution is 2.23. The van der Waals surface area contributed by atoms with Gasteiger partial charge in [-0.25, -0.2) is 4.79 Å². The van der Waals surface area contributed by atoms with Crippen molar-refractivity contribution in [1.82, 2.24) is 0 Å². The van der Waals surface area contributed by atoms with Gasteiger partial charge in [-0.3, -0.25) is 4.79 Å². The van der Waals surface area contributed by atoms with E-state index in [4.69, 9.17) is 9.47 Å². The van der Waals surface area contributed by atoms with E-state index in [2.05, 4.69) is 5.32 Å². The number of aryl methyl sites for hydroxylation is 1. The van der Waals surface area contributed by atoms with Crippen LogP contribution >= 0.6 is 0 Å². The number of hydrogen-bond acceptors (Lipinski definition) is 4. The Labute approximate surface area is 140 Å². The van der Waals surface area contributed by atoms with Gasteiger partial charge in [0.25, 0.3) is 0 Å². The van der Waals surface area contributed by atoms with Gasteiger partial charge in [0, 0.05) is 6.08 Å². The quantitative estimate of drug-likeness (QED) is 0.675. The third-order valence-corrected chi connectivity index (χ3v) is 3.36. The molecule has 2 aromatic rings. The smallest absolute Gasteiger partial charge is 0.340 e. The Morgan fingerprint density at radius 2 is 1.88 bits per heavy atom. The Morgan fingerprint density at radius 1 is 1.08 bits per heavy atom. The van der Waals surface area contributed by atoms with Crippen LogP contribution in [0.5, 0.6) is 5.75 Å². The van der Waals surface area contributed by atoms with Crippen LogP contribution in [0.4, 0.5) is 5.69 Å². The first-order chi connectivity index (χ1) is 11.5. The van der Waals surface area contributed by atoms with Crippen LogP contribution in [0.15, 0.2) is 48.5 Å². The van der Waals surface area contributed by atoms with Gasteiger partial charge < -0.3 is 14.8 Å². The molecule has 2 aromatic carbocycles. The van der Waals surface area contributed by atoms with Gasteiger partial charge in [-0.1, -0.05) is 29.8 Å². The average molecular weight is 325 g/mol. The topological polar surface area (TPSA) is 64.6 Å². The number of carbonyl (C=O) groups excluding carboxylic acids is 2. The molecule has 0 fully saturated rings. The molecule has 2 rings (SSSR count). The second-order valence-corrected chi connectivity index (χ2v) is 5.14. The highest BCUT2D eigenvalue weighted by Gasteiger charge is 2.14. The highest BCUT2D eigenvalue weighted by atomic mass is 16.5. The number of benzene rings is 2. The molecular weight excluding hydrogens is 306 g/mol. The summed E-state index contributed by atoms with van der Waals surface area (Å²) >= 11 is 0. The minimum Gasteiger partial charge on any atom is -0.497 e.